The summed E-state index contributed by atoms with van der Waals surface area (Å²) >= 11 is 6.34. The molecular weight excluding hydrogens is 460 g/mol. The maximum absolute atomic E-state index is 13.0. The fourth-order valence-corrected chi connectivity index (χ4v) is 5.82. The standard InChI is InChI=1S/C26H33ClN4O.C2H4O/c1-29-11-8-19(9-12-29)17-24(32)30-13-15-31(16-14-30)26-23-7-6-22(27)18-21(23)5-4-20-3-2-10-28-25(20)26;1-2-3/h2-3,6-7,10,18-19,26H,4-5,8-9,11-17H2,1H3;2H,1H3. The highest BCUT2D eigenvalue weighted by Gasteiger charge is 2.33. The van der Waals surface area contributed by atoms with Crippen molar-refractivity contribution in [1.29, 1.82) is 0 Å². The maximum atomic E-state index is 13.0. The second-order valence-electron chi connectivity index (χ2n) is 9.90. The summed E-state index contributed by atoms with van der Waals surface area (Å²) in [5.41, 5.74) is 5.13. The number of aromatic nitrogens is 1. The molecule has 0 spiro atoms. The summed E-state index contributed by atoms with van der Waals surface area (Å²) in [5, 5.41) is 0.797. The number of benzene rings is 1. The lowest BCUT2D eigenvalue weighted by Crippen LogP contribution is -2.50. The molecule has 3 aliphatic rings. The van der Waals surface area contributed by atoms with Gasteiger partial charge in [-0.3, -0.25) is 14.7 Å². The number of hydrogen-bond acceptors (Lipinski definition) is 5. The quantitative estimate of drug-likeness (QED) is 0.601. The normalized spacial score (nSPS) is 21.2. The van der Waals surface area contributed by atoms with Crippen molar-refractivity contribution in [2.45, 2.75) is 45.1 Å². The van der Waals surface area contributed by atoms with Gasteiger partial charge in [-0.15, -0.1) is 0 Å². The second kappa shape index (κ2) is 12.1. The third kappa shape index (κ3) is 6.29. The molecule has 1 unspecified atom stereocenters. The molecule has 1 aromatic carbocycles. The number of rotatable bonds is 3. The number of likely N-dealkylation sites (tertiary alicyclic amines) is 1. The Hall–Kier alpha value is -2.28. The van der Waals surface area contributed by atoms with Gasteiger partial charge in [0.15, 0.2) is 0 Å². The van der Waals surface area contributed by atoms with Gasteiger partial charge in [0, 0.05) is 43.8 Å². The van der Waals surface area contributed by atoms with Crippen LogP contribution in [0.4, 0.5) is 0 Å². The Morgan fingerprint density at radius 2 is 1.74 bits per heavy atom. The van der Waals surface area contributed by atoms with E-state index in [1.165, 1.54) is 29.3 Å². The summed E-state index contributed by atoms with van der Waals surface area (Å²) < 4.78 is 0. The van der Waals surface area contributed by atoms with Crippen LogP contribution in [0, 0.1) is 5.92 Å². The predicted octanol–water partition coefficient (Wildman–Crippen LogP) is 4.00. The van der Waals surface area contributed by atoms with E-state index < -0.39 is 0 Å². The molecule has 35 heavy (non-hydrogen) atoms. The molecule has 5 rings (SSSR count). The largest absolute Gasteiger partial charge is 0.340 e. The molecule has 3 heterocycles. The minimum atomic E-state index is 0.132. The number of hydrogen-bond donors (Lipinski definition) is 0. The van der Waals surface area contributed by atoms with E-state index in [2.05, 4.69) is 39.9 Å². The molecule has 6 nitrogen and oxygen atoms in total. The summed E-state index contributed by atoms with van der Waals surface area (Å²) in [7, 11) is 2.17. The van der Waals surface area contributed by atoms with Crippen LogP contribution < -0.4 is 0 Å². The van der Waals surface area contributed by atoms with Crippen LogP contribution >= 0.6 is 11.6 Å². The van der Waals surface area contributed by atoms with E-state index in [1.807, 2.05) is 18.3 Å². The van der Waals surface area contributed by atoms with Crippen molar-refractivity contribution in [1.82, 2.24) is 19.7 Å². The van der Waals surface area contributed by atoms with Crippen LogP contribution in [-0.4, -0.2) is 78.2 Å². The molecule has 1 amide bonds. The van der Waals surface area contributed by atoms with E-state index in [1.54, 1.807) is 0 Å². The lowest BCUT2D eigenvalue weighted by atomic mass is 9.93. The summed E-state index contributed by atoms with van der Waals surface area (Å²) in [5.74, 6) is 0.886. The Labute approximate surface area is 214 Å². The molecule has 2 aliphatic heterocycles. The van der Waals surface area contributed by atoms with Gasteiger partial charge in [-0.2, -0.15) is 0 Å². The fraction of sp³-hybridized carbons (Fsp3) is 0.536. The Kier molecular flexibility index (Phi) is 8.93. The molecule has 188 valence electrons. The third-order valence-corrected chi connectivity index (χ3v) is 7.82. The minimum Gasteiger partial charge on any atom is -0.340 e. The SMILES string of the molecule is CC=O.CN1CCC(CC(=O)N2CCN(C3c4ccc(Cl)cc4CCc4cccnc43)CC2)CC1. The lowest BCUT2D eigenvalue weighted by molar-refractivity contribution is -0.134. The summed E-state index contributed by atoms with van der Waals surface area (Å²) in [4.78, 5) is 33.6. The second-order valence-corrected chi connectivity index (χ2v) is 10.3. The average molecular weight is 497 g/mol. The van der Waals surface area contributed by atoms with Crippen molar-refractivity contribution in [3.63, 3.8) is 0 Å². The number of aryl methyl sites for hydroxylation is 2. The number of fused-ring (bicyclic) bond motifs is 2. The van der Waals surface area contributed by atoms with Crippen LogP contribution in [0.15, 0.2) is 36.5 Å². The zero-order valence-electron chi connectivity index (χ0n) is 21.0. The summed E-state index contributed by atoms with van der Waals surface area (Å²) in [6.07, 6.45) is 7.64. The van der Waals surface area contributed by atoms with E-state index in [0.29, 0.717) is 18.2 Å². The van der Waals surface area contributed by atoms with Gasteiger partial charge in [-0.1, -0.05) is 23.7 Å². The van der Waals surface area contributed by atoms with Gasteiger partial charge in [-0.05, 0) is 93.6 Å². The first-order chi connectivity index (χ1) is 17.0. The highest BCUT2D eigenvalue weighted by molar-refractivity contribution is 6.30. The van der Waals surface area contributed by atoms with Crippen molar-refractivity contribution in [3.8, 4) is 0 Å². The average Bonchev–Trinajstić information content (AvgIpc) is 3.02. The lowest BCUT2D eigenvalue weighted by Gasteiger charge is -2.40. The van der Waals surface area contributed by atoms with Gasteiger partial charge in [0.25, 0.3) is 0 Å². The van der Waals surface area contributed by atoms with Gasteiger partial charge in [-0.25, -0.2) is 0 Å². The molecule has 2 fully saturated rings. The predicted molar refractivity (Wildman–Crippen MR) is 140 cm³/mol. The van der Waals surface area contributed by atoms with Crippen LogP contribution in [-0.2, 0) is 22.4 Å². The van der Waals surface area contributed by atoms with E-state index in [4.69, 9.17) is 21.4 Å². The van der Waals surface area contributed by atoms with Gasteiger partial charge in [0.2, 0.25) is 5.91 Å². The summed E-state index contributed by atoms with van der Waals surface area (Å²) in [6.45, 7) is 7.02. The van der Waals surface area contributed by atoms with Crippen molar-refractivity contribution in [2.24, 2.45) is 5.92 Å². The van der Waals surface area contributed by atoms with Gasteiger partial charge in [0.05, 0.1) is 11.7 Å². The van der Waals surface area contributed by atoms with Gasteiger partial charge in [0.1, 0.15) is 6.29 Å². The molecule has 0 bridgehead atoms. The number of piperidine rings is 1. The molecule has 1 atom stereocenters. The first kappa shape index (κ1) is 25.8. The minimum absolute atomic E-state index is 0.132. The Bertz CT molecular complexity index is 1010. The van der Waals surface area contributed by atoms with E-state index >= 15 is 0 Å². The molecular formula is C28H37ClN4O2. The van der Waals surface area contributed by atoms with Crippen LogP contribution in [0.1, 0.15) is 54.6 Å². The van der Waals surface area contributed by atoms with Crippen molar-refractivity contribution >= 4 is 23.8 Å². The molecule has 0 N–H and O–H groups in total. The first-order valence-electron chi connectivity index (χ1n) is 12.8. The van der Waals surface area contributed by atoms with Crippen LogP contribution in [0.5, 0.6) is 0 Å². The number of nitrogens with zero attached hydrogens (tertiary/aromatic N) is 4. The topological polar surface area (TPSA) is 56.8 Å². The summed E-state index contributed by atoms with van der Waals surface area (Å²) in [6, 6.07) is 10.7. The van der Waals surface area contributed by atoms with Crippen molar-refractivity contribution in [3.05, 3.63) is 63.9 Å². The van der Waals surface area contributed by atoms with Crippen LogP contribution in [0.25, 0.3) is 0 Å². The van der Waals surface area contributed by atoms with Crippen LogP contribution in [0.3, 0.4) is 0 Å². The van der Waals surface area contributed by atoms with Crippen molar-refractivity contribution in [2.75, 3.05) is 46.3 Å². The molecule has 1 aliphatic carbocycles. The zero-order valence-corrected chi connectivity index (χ0v) is 21.7. The third-order valence-electron chi connectivity index (χ3n) is 7.58. The molecule has 0 radical (unpaired) electrons. The van der Waals surface area contributed by atoms with Gasteiger partial charge < -0.3 is 14.6 Å². The molecule has 2 saturated heterocycles. The molecule has 2 aromatic rings. The Morgan fingerprint density at radius 3 is 2.46 bits per heavy atom. The molecule has 1 aromatic heterocycles. The number of carbonyl (C=O) groups excluding carboxylic acids is 2. The monoisotopic (exact) mass is 496 g/mol. The fourth-order valence-electron chi connectivity index (χ4n) is 5.62. The molecule has 0 saturated carbocycles. The molecule has 7 heteroatoms. The van der Waals surface area contributed by atoms with Crippen LogP contribution in [0.2, 0.25) is 5.02 Å². The first-order valence-corrected chi connectivity index (χ1v) is 13.2. The van der Waals surface area contributed by atoms with Gasteiger partial charge >= 0.3 is 0 Å². The number of pyridine rings is 1. The maximum Gasteiger partial charge on any atom is 0.222 e. The number of piperazine rings is 1. The number of carbonyl (C=O) groups is 2. The number of halogens is 1. The van der Waals surface area contributed by atoms with E-state index in [9.17, 15) is 4.79 Å². The van der Waals surface area contributed by atoms with Crippen molar-refractivity contribution < 1.29 is 9.59 Å². The Balaban J connectivity index is 0.000000917. The Morgan fingerprint density at radius 1 is 1.06 bits per heavy atom. The van der Waals surface area contributed by atoms with E-state index in [0.717, 1.165) is 76.3 Å². The number of aldehydes is 1. The zero-order chi connectivity index (χ0) is 24.8. The van der Waals surface area contributed by atoms with E-state index in [-0.39, 0.29) is 6.04 Å². The highest BCUT2D eigenvalue weighted by Crippen LogP contribution is 2.37. The number of amides is 1. The smallest absolute Gasteiger partial charge is 0.222 e. The highest BCUT2D eigenvalue weighted by atomic mass is 35.5.